The number of nitrogens with zero attached hydrogens (tertiary/aromatic N) is 2. The zero-order valence-corrected chi connectivity index (χ0v) is 16.8. The van der Waals surface area contributed by atoms with Gasteiger partial charge in [-0.05, 0) is 45.3 Å². The van der Waals surface area contributed by atoms with Gasteiger partial charge < -0.3 is 4.74 Å². The molecular weight excluding hydrogens is 324 g/mol. The molecule has 0 N–H and O–H groups in total. The van der Waals surface area contributed by atoms with Crippen LogP contribution in [0.2, 0.25) is 0 Å². The maximum Gasteiger partial charge on any atom is 0.306 e. The lowest BCUT2D eigenvalue weighted by Gasteiger charge is -2.52. The summed E-state index contributed by atoms with van der Waals surface area (Å²) in [6.07, 6.45) is 4.34. The van der Waals surface area contributed by atoms with E-state index in [0.717, 1.165) is 18.5 Å². The molecule has 1 aromatic rings. The molecule has 0 radical (unpaired) electrons. The standard InChI is InChI=1S/C22H34N2O2/c1-5-21(25)26-22(20-11-7-6-8-12-20)15-18(3)24(16-17(22)2)19(4)23-13-9-10-14-23/h6-8,11-12,17-19H,5,9-10,13-16H2,1-4H3. The molecule has 2 heterocycles. The fourth-order valence-electron chi connectivity index (χ4n) is 4.85. The molecule has 0 spiro atoms. The van der Waals surface area contributed by atoms with E-state index in [0.29, 0.717) is 18.6 Å². The molecule has 4 heteroatoms. The highest BCUT2D eigenvalue weighted by Crippen LogP contribution is 2.44. The van der Waals surface area contributed by atoms with Crippen LogP contribution < -0.4 is 0 Å². The first-order valence-electron chi connectivity index (χ1n) is 10.2. The molecule has 26 heavy (non-hydrogen) atoms. The maximum absolute atomic E-state index is 12.3. The zero-order valence-electron chi connectivity index (χ0n) is 16.8. The molecule has 2 aliphatic heterocycles. The summed E-state index contributed by atoms with van der Waals surface area (Å²) in [4.78, 5) is 17.5. The van der Waals surface area contributed by atoms with Crippen molar-refractivity contribution in [2.75, 3.05) is 19.6 Å². The zero-order chi connectivity index (χ0) is 18.7. The second-order valence-corrected chi connectivity index (χ2v) is 8.11. The molecule has 0 bridgehead atoms. The third-order valence-corrected chi connectivity index (χ3v) is 6.44. The first-order valence-corrected chi connectivity index (χ1v) is 10.2. The van der Waals surface area contributed by atoms with E-state index in [-0.39, 0.29) is 11.9 Å². The summed E-state index contributed by atoms with van der Waals surface area (Å²) in [7, 11) is 0. The molecule has 4 nitrogen and oxygen atoms in total. The Morgan fingerprint density at radius 2 is 1.88 bits per heavy atom. The Labute approximate surface area is 158 Å². The molecule has 3 rings (SSSR count). The number of benzene rings is 1. The van der Waals surface area contributed by atoms with Crippen molar-refractivity contribution < 1.29 is 9.53 Å². The minimum atomic E-state index is -0.519. The lowest BCUT2D eigenvalue weighted by Crippen LogP contribution is -2.60. The number of rotatable bonds is 5. The van der Waals surface area contributed by atoms with Gasteiger partial charge in [-0.3, -0.25) is 14.6 Å². The minimum Gasteiger partial charge on any atom is -0.454 e. The third-order valence-electron chi connectivity index (χ3n) is 6.44. The average Bonchev–Trinajstić information content (AvgIpc) is 3.19. The van der Waals surface area contributed by atoms with Gasteiger partial charge in [-0.2, -0.15) is 0 Å². The fraction of sp³-hybridized carbons (Fsp3) is 0.682. The summed E-state index contributed by atoms with van der Waals surface area (Å²) in [6, 6.07) is 10.7. The highest BCUT2D eigenvalue weighted by Gasteiger charge is 2.49. The van der Waals surface area contributed by atoms with Crippen molar-refractivity contribution in [1.82, 2.24) is 9.80 Å². The highest BCUT2D eigenvalue weighted by molar-refractivity contribution is 5.69. The Hall–Kier alpha value is -1.39. The van der Waals surface area contributed by atoms with Crippen LogP contribution in [0.4, 0.5) is 0 Å². The number of hydrogen-bond donors (Lipinski definition) is 0. The van der Waals surface area contributed by atoms with E-state index in [1.807, 2.05) is 25.1 Å². The van der Waals surface area contributed by atoms with Crippen LogP contribution >= 0.6 is 0 Å². The van der Waals surface area contributed by atoms with Crippen molar-refractivity contribution >= 4 is 5.97 Å². The Morgan fingerprint density at radius 1 is 1.23 bits per heavy atom. The van der Waals surface area contributed by atoms with Crippen molar-refractivity contribution in [3.8, 4) is 0 Å². The monoisotopic (exact) mass is 358 g/mol. The van der Waals surface area contributed by atoms with Gasteiger partial charge in [0.2, 0.25) is 0 Å². The van der Waals surface area contributed by atoms with Crippen LogP contribution in [0.15, 0.2) is 30.3 Å². The largest absolute Gasteiger partial charge is 0.454 e. The van der Waals surface area contributed by atoms with Gasteiger partial charge in [0.05, 0.1) is 6.17 Å². The van der Waals surface area contributed by atoms with E-state index >= 15 is 0 Å². The average molecular weight is 359 g/mol. The SMILES string of the molecule is CCC(=O)OC1(c2ccccc2)CC(C)N(C(C)N2CCCC2)CC1C. The van der Waals surface area contributed by atoms with Crippen LogP contribution in [0.3, 0.4) is 0 Å². The lowest BCUT2D eigenvalue weighted by atomic mass is 9.74. The van der Waals surface area contributed by atoms with E-state index < -0.39 is 5.60 Å². The molecule has 2 saturated heterocycles. The summed E-state index contributed by atoms with van der Waals surface area (Å²) in [5.74, 6) is 0.149. The second kappa shape index (κ2) is 8.10. The van der Waals surface area contributed by atoms with Crippen LogP contribution in [-0.2, 0) is 15.1 Å². The Morgan fingerprint density at radius 3 is 2.50 bits per heavy atom. The van der Waals surface area contributed by atoms with Crippen LogP contribution in [0.5, 0.6) is 0 Å². The quantitative estimate of drug-likeness (QED) is 0.745. The van der Waals surface area contributed by atoms with Crippen LogP contribution in [-0.4, -0.2) is 47.6 Å². The number of likely N-dealkylation sites (tertiary alicyclic amines) is 2. The van der Waals surface area contributed by atoms with Crippen LogP contribution in [0, 0.1) is 5.92 Å². The first-order chi connectivity index (χ1) is 12.5. The van der Waals surface area contributed by atoms with E-state index in [1.54, 1.807) is 0 Å². The van der Waals surface area contributed by atoms with Gasteiger partial charge in [0.1, 0.15) is 5.60 Å². The number of carbonyl (C=O) groups excluding carboxylic acids is 1. The molecule has 0 saturated carbocycles. The summed E-state index contributed by atoms with van der Waals surface area (Å²) >= 11 is 0. The van der Waals surface area contributed by atoms with Crippen molar-refractivity contribution in [2.45, 2.75) is 71.2 Å². The molecule has 2 fully saturated rings. The lowest BCUT2D eigenvalue weighted by molar-refractivity contribution is -0.182. The maximum atomic E-state index is 12.3. The van der Waals surface area contributed by atoms with Gasteiger partial charge in [0.15, 0.2) is 0 Å². The van der Waals surface area contributed by atoms with E-state index in [2.05, 4.69) is 42.7 Å². The minimum absolute atomic E-state index is 0.103. The van der Waals surface area contributed by atoms with Gasteiger partial charge in [0.25, 0.3) is 0 Å². The molecule has 0 amide bonds. The molecule has 144 valence electrons. The Bertz CT molecular complexity index is 599. The molecule has 2 aliphatic rings. The Balaban J connectivity index is 1.86. The van der Waals surface area contributed by atoms with Crippen molar-refractivity contribution in [3.63, 3.8) is 0 Å². The molecule has 4 atom stereocenters. The van der Waals surface area contributed by atoms with E-state index in [9.17, 15) is 4.79 Å². The summed E-state index contributed by atoms with van der Waals surface area (Å²) < 4.78 is 6.17. The number of ether oxygens (including phenoxy) is 1. The highest BCUT2D eigenvalue weighted by atomic mass is 16.6. The number of esters is 1. The molecule has 4 unspecified atom stereocenters. The number of piperidine rings is 1. The summed E-state index contributed by atoms with van der Waals surface area (Å²) in [5.41, 5.74) is 0.615. The van der Waals surface area contributed by atoms with Crippen LogP contribution in [0.1, 0.15) is 58.9 Å². The normalized spacial score (nSPS) is 31.7. The van der Waals surface area contributed by atoms with Gasteiger partial charge >= 0.3 is 5.97 Å². The molecule has 0 aliphatic carbocycles. The van der Waals surface area contributed by atoms with Crippen molar-refractivity contribution in [2.24, 2.45) is 5.92 Å². The van der Waals surface area contributed by atoms with E-state index in [1.165, 1.54) is 25.9 Å². The summed E-state index contributed by atoms with van der Waals surface area (Å²) in [5, 5.41) is 0. The third kappa shape index (κ3) is 3.67. The predicted octanol–water partition coefficient (Wildman–Crippen LogP) is 4.01. The van der Waals surface area contributed by atoms with Crippen molar-refractivity contribution in [3.05, 3.63) is 35.9 Å². The Kier molecular flexibility index (Phi) is 6.03. The van der Waals surface area contributed by atoms with Gasteiger partial charge in [-0.15, -0.1) is 0 Å². The van der Waals surface area contributed by atoms with Gasteiger partial charge in [-0.25, -0.2) is 0 Å². The number of hydrogen-bond acceptors (Lipinski definition) is 4. The molecule has 1 aromatic carbocycles. The number of carbonyl (C=O) groups is 1. The fourth-order valence-corrected chi connectivity index (χ4v) is 4.85. The molecule has 0 aromatic heterocycles. The first kappa shape index (κ1) is 19.4. The second-order valence-electron chi connectivity index (χ2n) is 8.11. The van der Waals surface area contributed by atoms with Crippen molar-refractivity contribution in [1.29, 1.82) is 0 Å². The van der Waals surface area contributed by atoms with Gasteiger partial charge in [-0.1, -0.05) is 44.2 Å². The summed E-state index contributed by atoms with van der Waals surface area (Å²) in [6.45, 7) is 12.1. The predicted molar refractivity (Wildman–Crippen MR) is 105 cm³/mol. The smallest absolute Gasteiger partial charge is 0.306 e. The topological polar surface area (TPSA) is 32.8 Å². The van der Waals surface area contributed by atoms with E-state index in [4.69, 9.17) is 4.74 Å². The van der Waals surface area contributed by atoms with Gasteiger partial charge in [0, 0.05) is 31.3 Å². The molecular formula is C22H34N2O2. The van der Waals surface area contributed by atoms with Crippen LogP contribution in [0.25, 0.3) is 0 Å².